The number of benzene rings is 2. The maximum atomic E-state index is 12.8. The Kier molecular flexibility index (Phi) is 7.35. The van der Waals surface area contributed by atoms with Gasteiger partial charge in [-0.1, -0.05) is 24.3 Å². The molecule has 2 aromatic rings. The summed E-state index contributed by atoms with van der Waals surface area (Å²) in [6.45, 7) is 1.26. The summed E-state index contributed by atoms with van der Waals surface area (Å²) in [5.41, 5.74) is 1.04. The lowest BCUT2D eigenvalue weighted by Gasteiger charge is -2.09. The molecular formula is C19H18FNO4S. The average Bonchev–Trinajstić information content (AvgIpc) is 2.64. The lowest BCUT2D eigenvalue weighted by molar-refractivity contribution is -0.124. The van der Waals surface area contributed by atoms with Crippen molar-refractivity contribution in [2.45, 2.75) is 18.4 Å². The molecule has 0 saturated heterocycles. The van der Waals surface area contributed by atoms with Gasteiger partial charge in [-0.15, -0.1) is 11.8 Å². The average molecular weight is 375 g/mol. The van der Waals surface area contributed by atoms with E-state index in [0.29, 0.717) is 10.5 Å². The van der Waals surface area contributed by atoms with Crippen LogP contribution in [0, 0.1) is 5.82 Å². The van der Waals surface area contributed by atoms with Gasteiger partial charge in [0.1, 0.15) is 11.6 Å². The molecule has 0 fully saturated rings. The third kappa shape index (κ3) is 6.33. The zero-order valence-electron chi connectivity index (χ0n) is 14.2. The number of rotatable bonds is 8. The highest BCUT2D eigenvalue weighted by Crippen LogP contribution is 2.23. The van der Waals surface area contributed by atoms with E-state index in [1.54, 1.807) is 36.4 Å². The van der Waals surface area contributed by atoms with Gasteiger partial charge < -0.3 is 10.1 Å². The Morgan fingerprint density at radius 1 is 1.08 bits per heavy atom. The van der Waals surface area contributed by atoms with Crippen molar-refractivity contribution in [3.63, 3.8) is 0 Å². The van der Waals surface area contributed by atoms with Crippen LogP contribution in [0.25, 0.3) is 0 Å². The van der Waals surface area contributed by atoms with Gasteiger partial charge in [0.05, 0.1) is 11.3 Å². The summed E-state index contributed by atoms with van der Waals surface area (Å²) in [4.78, 5) is 35.7. The lowest BCUT2D eigenvalue weighted by atomic mass is 10.2. The highest BCUT2D eigenvalue weighted by Gasteiger charge is 2.15. The molecule has 0 aromatic heterocycles. The molecule has 0 unspecified atom stereocenters. The summed E-state index contributed by atoms with van der Waals surface area (Å²) >= 11 is 1.24. The number of esters is 1. The summed E-state index contributed by atoms with van der Waals surface area (Å²) < 4.78 is 17.9. The second-order valence-electron chi connectivity index (χ2n) is 5.47. The zero-order chi connectivity index (χ0) is 18.9. The molecule has 0 bridgehead atoms. The fourth-order valence-corrected chi connectivity index (χ4v) is 2.84. The van der Waals surface area contributed by atoms with Crippen LogP contribution in [-0.4, -0.2) is 30.0 Å². The van der Waals surface area contributed by atoms with Crippen molar-refractivity contribution in [1.29, 1.82) is 0 Å². The molecule has 0 atom stereocenters. The SMILES string of the molecule is CC(=O)CSc1ccccc1C(=O)OCC(=O)NCc1ccc(F)cc1. The predicted octanol–water partition coefficient (Wildman–Crippen LogP) is 2.98. The molecule has 0 aliphatic heterocycles. The van der Waals surface area contributed by atoms with Crippen molar-refractivity contribution < 1.29 is 23.5 Å². The lowest BCUT2D eigenvalue weighted by Crippen LogP contribution is -2.28. The van der Waals surface area contributed by atoms with Crippen molar-refractivity contribution in [3.05, 3.63) is 65.5 Å². The van der Waals surface area contributed by atoms with E-state index in [2.05, 4.69) is 5.32 Å². The molecule has 26 heavy (non-hydrogen) atoms. The number of thioether (sulfide) groups is 1. The van der Waals surface area contributed by atoms with Crippen LogP contribution in [0.4, 0.5) is 4.39 Å². The number of carbonyl (C=O) groups excluding carboxylic acids is 3. The molecule has 0 aliphatic carbocycles. The van der Waals surface area contributed by atoms with Crippen molar-refractivity contribution in [3.8, 4) is 0 Å². The van der Waals surface area contributed by atoms with Crippen LogP contribution in [-0.2, 0) is 20.9 Å². The van der Waals surface area contributed by atoms with E-state index in [9.17, 15) is 18.8 Å². The van der Waals surface area contributed by atoms with Gasteiger partial charge in [-0.25, -0.2) is 9.18 Å². The summed E-state index contributed by atoms with van der Waals surface area (Å²) in [7, 11) is 0. The van der Waals surface area contributed by atoms with Gasteiger partial charge in [-0.3, -0.25) is 9.59 Å². The first kappa shape index (κ1) is 19.7. The fourth-order valence-electron chi connectivity index (χ4n) is 2.00. The van der Waals surface area contributed by atoms with Crippen LogP contribution in [0.1, 0.15) is 22.8 Å². The second-order valence-corrected chi connectivity index (χ2v) is 6.48. The van der Waals surface area contributed by atoms with E-state index in [0.717, 1.165) is 5.56 Å². The molecule has 0 spiro atoms. The number of hydrogen-bond donors (Lipinski definition) is 1. The Labute approximate surface area is 154 Å². The minimum Gasteiger partial charge on any atom is -0.452 e. The van der Waals surface area contributed by atoms with Gasteiger partial charge in [-0.2, -0.15) is 0 Å². The number of carbonyl (C=O) groups is 3. The number of amides is 1. The Hall–Kier alpha value is -2.67. The predicted molar refractivity (Wildman–Crippen MR) is 96.4 cm³/mol. The van der Waals surface area contributed by atoms with Gasteiger partial charge in [-0.05, 0) is 36.8 Å². The largest absolute Gasteiger partial charge is 0.452 e. The maximum Gasteiger partial charge on any atom is 0.339 e. The summed E-state index contributed by atoms with van der Waals surface area (Å²) in [5.74, 6) is -1.19. The molecular weight excluding hydrogens is 357 g/mol. The molecule has 0 saturated carbocycles. The minimum absolute atomic E-state index is 0.00154. The Morgan fingerprint density at radius 2 is 1.77 bits per heavy atom. The number of nitrogens with one attached hydrogen (secondary N) is 1. The van der Waals surface area contributed by atoms with Crippen molar-refractivity contribution >= 4 is 29.4 Å². The normalized spacial score (nSPS) is 10.2. The molecule has 0 aliphatic rings. The molecule has 2 aromatic carbocycles. The van der Waals surface area contributed by atoms with E-state index in [1.807, 2.05) is 0 Å². The first-order valence-corrected chi connectivity index (χ1v) is 8.84. The highest BCUT2D eigenvalue weighted by molar-refractivity contribution is 8.00. The van der Waals surface area contributed by atoms with Gasteiger partial charge in [0.15, 0.2) is 6.61 Å². The van der Waals surface area contributed by atoms with Gasteiger partial charge >= 0.3 is 5.97 Å². The highest BCUT2D eigenvalue weighted by atomic mass is 32.2. The van der Waals surface area contributed by atoms with Gasteiger partial charge in [0.25, 0.3) is 5.91 Å². The first-order valence-electron chi connectivity index (χ1n) is 7.85. The van der Waals surface area contributed by atoms with Crippen molar-refractivity contribution in [2.24, 2.45) is 0 Å². The monoisotopic (exact) mass is 375 g/mol. The summed E-state index contributed by atoms with van der Waals surface area (Å²) in [6, 6.07) is 12.5. The van der Waals surface area contributed by atoms with Crippen LogP contribution >= 0.6 is 11.8 Å². The second kappa shape index (κ2) is 9.72. The molecule has 1 N–H and O–H groups in total. The summed E-state index contributed by atoms with van der Waals surface area (Å²) in [6.07, 6.45) is 0. The van der Waals surface area contributed by atoms with Crippen LogP contribution in [0.15, 0.2) is 53.4 Å². The van der Waals surface area contributed by atoms with E-state index in [1.165, 1.54) is 30.8 Å². The molecule has 0 heterocycles. The van der Waals surface area contributed by atoms with Gasteiger partial charge in [0, 0.05) is 11.4 Å². The van der Waals surface area contributed by atoms with Crippen molar-refractivity contribution in [1.82, 2.24) is 5.32 Å². The minimum atomic E-state index is -0.631. The van der Waals surface area contributed by atoms with Gasteiger partial charge in [0.2, 0.25) is 0 Å². The molecule has 2 rings (SSSR count). The molecule has 1 amide bonds. The van der Waals surface area contributed by atoms with Crippen LogP contribution in [0.5, 0.6) is 0 Å². The third-order valence-electron chi connectivity index (χ3n) is 3.28. The maximum absolute atomic E-state index is 12.8. The van der Waals surface area contributed by atoms with E-state index in [-0.39, 0.29) is 23.9 Å². The van der Waals surface area contributed by atoms with E-state index < -0.39 is 18.5 Å². The fraction of sp³-hybridized carbons (Fsp3) is 0.211. The zero-order valence-corrected chi connectivity index (χ0v) is 15.0. The number of halogens is 1. The van der Waals surface area contributed by atoms with E-state index >= 15 is 0 Å². The van der Waals surface area contributed by atoms with Crippen LogP contribution in [0.3, 0.4) is 0 Å². The standard InChI is InChI=1S/C19H18FNO4S/c1-13(22)12-26-17-5-3-2-4-16(17)19(24)25-11-18(23)21-10-14-6-8-15(20)9-7-14/h2-9H,10-12H2,1H3,(H,21,23). The van der Waals surface area contributed by atoms with Crippen LogP contribution < -0.4 is 5.32 Å². The molecule has 0 radical (unpaired) electrons. The Bertz CT molecular complexity index is 792. The molecule has 7 heteroatoms. The van der Waals surface area contributed by atoms with E-state index in [4.69, 9.17) is 4.74 Å². The summed E-state index contributed by atoms with van der Waals surface area (Å²) in [5, 5.41) is 2.59. The topological polar surface area (TPSA) is 72.5 Å². The Morgan fingerprint density at radius 3 is 2.46 bits per heavy atom. The smallest absolute Gasteiger partial charge is 0.339 e. The first-order chi connectivity index (χ1) is 12.5. The third-order valence-corrected chi connectivity index (χ3v) is 4.49. The number of Topliss-reactive ketones (excluding diaryl/α,β-unsaturated/α-hetero) is 1. The number of hydrogen-bond acceptors (Lipinski definition) is 5. The van der Waals surface area contributed by atoms with Crippen molar-refractivity contribution in [2.75, 3.05) is 12.4 Å². The Balaban J connectivity index is 1.85. The number of ketones is 1. The van der Waals surface area contributed by atoms with Crippen LogP contribution in [0.2, 0.25) is 0 Å². The molecule has 136 valence electrons. The number of ether oxygens (including phenoxy) is 1. The molecule has 5 nitrogen and oxygen atoms in total. The quantitative estimate of drug-likeness (QED) is 0.567.